The molecule has 9 nitrogen and oxygen atoms in total. The van der Waals surface area contributed by atoms with E-state index in [1.165, 1.54) is 0 Å². The van der Waals surface area contributed by atoms with Gasteiger partial charge in [0.05, 0.1) is 0 Å². The summed E-state index contributed by atoms with van der Waals surface area (Å²) < 4.78 is 0. The van der Waals surface area contributed by atoms with Crippen molar-refractivity contribution in [2.45, 2.75) is 14.9 Å². The molecule has 0 rings (SSSR count). The summed E-state index contributed by atoms with van der Waals surface area (Å²) in [5.74, 6) is 0. The Bertz CT molecular complexity index is 7.52. The van der Waals surface area contributed by atoms with Crippen LogP contribution in [0, 0.1) is 9.93 Å². The van der Waals surface area contributed by atoms with Gasteiger partial charge >= 0.3 is 0 Å². The maximum Gasteiger partial charge on any atom is 0 e. The molecule has 0 aromatic carbocycles. The van der Waals surface area contributed by atoms with Crippen LogP contribution in [0.3, 0.4) is 0 Å². The molecule has 0 aliphatic carbocycles. The van der Waals surface area contributed by atoms with Crippen molar-refractivity contribution in [3.63, 3.8) is 0 Å². The van der Waals surface area contributed by atoms with Gasteiger partial charge in [-0.1, -0.05) is 14.9 Å². The molecule has 9 heteroatoms. The molecule has 0 aliphatic heterocycles. The van der Waals surface area contributed by atoms with Crippen LogP contribution in [-0.2, 0) is 0 Å². The fraction of sp³-hybridized carbons (Fsp3) is 1.00. The van der Waals surface area contributed by atoms with Crippen molar-refractivity contribution in [2.75, 3.05) is 0 Å². The standard InChI is InChI=1S/2CH4.3H2O2.O2.H2O/c;;4*1-2;/h2*1H4;3*1-2H;;1H2. The SMILES string of the molecule is C.C.O.O=O.OO.OO.OO. The van der Waals surface area contributed by atoms with Crippen LogP contribution in [0.1, 0.15) is 14.9 Å². The van der Waals surface area contributed by atoms with E-state index in [4.69, 9.17) is 41.5 Å². The third-order valence-electron chi connectivity index (χ3n) is 0. The fourth-order valence-electron chi connectivity index (χ4n) is 0. The average molecular weight is 184 g/mol. The van der Waals surface area contributed by atoms with E-state index >= 15 is 0 Å². The third kappa shape index (κ3) is 1080. The zero-order valence-corrected chi connectivity index (χ0v) is 4.00. The van der Waals surface area contributed by atoms with E-state index in [1.54, 1.807) is 0 Å². The maximum atomic E-state index is 7.00. The van der Waals surface area contributed by atoms with E-state index in [2.05, 4.69) is 0 Å². The highest BCUT2D eigenvalue weighted by Gasteiger charge is 0.750. The second-order valence-corrected chi connectivity index (χ2v) is 0. The van der Waals surface area contributed by atoms with Gasteiger partial charge in [0.25, 0.3) is 0 Å². The first kappa shape index (κ1) is 81.3. The summed E-state index contributed by atoms with van der Waals surface area (Å²) in [7, 11) is 0. The van der Waals surface area contributed by atoms with Gasteiger partial charge in [0, 0.05) is 9.93 Å². The predicted molar refractivity (Wildman–Crippen MR) is 39.6 cm³/mol. The fourth-order valence-corrected chi connectivity index (χ4v) is 0. The summed E-state index contributed by atoms with van der Waals surface area (Å²) in [6.45, 7) is 0. The minimum absolute atomic E-state index is 0. The molecular formula is C2H16O9. The second-order valence-electron chi connectivity index (χ2n) is 0. The number of hydrogen-bond acceptors (Lipinski definition) is 8. The molecule has 0 radical (unpaired) electrons. The molecule has 0 saturated carbocycles. The summed E-state index contributed by atoms with van der Waals surface area (Å²) in [5.41, 5.74) is 0. The summed E-state index contributed by atoms with van der Waals surface area (Å²) in [6, 6.07) is 0. The summed E-state index contributed by atoms with van der Waals surface area (Å²) in [4.78, 5) is 14.0. The van der Waals surface area contributed by atoms with Crippen LogP contribution in [0.5, 0.6) is 0 Å². The topological polar surface area (TPSA) is 187 Å². The van der Waals surface area contributed by atoms with E-state index < -0.39 is 0 Å². The molecule has 0 heterocycles. The molecule has 0 atom stereocenters. The molecule has 0 bridgehead atoms. The smallest absolute Gasteiger partial charge is 0 e. The quantitative estimate of drug-likeness (QED) is 0.232. The van der Waals surface area contributed by atoms with Gasteiger partial charge in [-0.2, -0.15) is 0 Å². The molecule has 8 N–H and O–H groups in total. The van der Waals surface area contributed by atoms with Crippen LogP contribution in [0.15, 0.2) is 0 Å². The van der Waals surface area contributed by atoms with Crippen LogP contribution >= 0.6 is 0 Å². The van der Waals surface area contributed by atoms with E-state index in [9.17, 15) is 0 Å². The van der Waals surface area contributed by atoms with Gasteiger partial charge in [-0.25, -0.2) is 0 Å². The van der Waals surface area contributed by atoms with Gasteiger partial charge < -0.3 is 5.48 Å². The molecular weight excluding hydrogens is 168 g/mol. The molecule has 0 amide bonds. The molecule has 0 spiro atoms. The maximum absolute atomic E-state index is 7.00. The van der Waals surface area contributed by atoms with Gasteiger partial charge in [0.2, 0.25) is 0 Å². The van der Waals surface area contributed by atoms with Gasteiger partial charge in [-0.15, -0.1) is 0 Å². The highest BCUT2D eigenvalue weighted by atomic mass is 17.0. The molecule has 78 valence electrons. The molecule has 0 aromatic heterocycles. The zero-order valence-electron chi connectivity index (χ0n) is 4.00. The Morgan fingerprint density at radius 3 is 0.545 bits per heavy atom. The highest BCUT2D eigenvalue weighted by Crippen LogP contribution is 0.741. The zero-order chi connectivity index (χ0) is 8.00. The Hall–Kier alpha value is -0.680. The third-order valence-corrected chi connectivity index (χ3v) is 0. The first-order valence-corrected chi connectivity index (χ1v) is 0.767. The summed E-state index contributed by atoms with van der Waals surface area (Å²) >= 11 is 0. The van der Waals surface area contributed by atoms with Crippen molar-refractivity contribution in [2.24, 2.45) is 0 Å². The van der Waals surface area contributed by atoms with Gasteiger partial charge in [-0.05, 0) is 0 Å². The van der Waals surface area contributed by atoms with Crippen molar-refractivity contribution in [3.05, 3.63) is 9.93 Å². The number of rotatable bonds is 0. The Kier molecular flexibility index (Phi) is 10300. The van der Waals surface area contributed by atoms with E-state index in [0.29, 0.717) is 0 Å². The monoisotopic (exact) mass is 184 g/mol. The van der Waals surface area contributed by atoms with Crippen LogP contribution in [0.4, 0.5) is 0 Å². The molecule has 0 saturated heterocycles. The first-order chi connectivity index (χ1) is 4.00. The highest BCUT2D eigenvalue weighted by molar-refractivity contribution is 4.07. The van der Waals surface area contributed by atoms with Crippen LogP contribution in [0.25, 0.3) is 0 Å². The van der Waals surface area contributed by atoms with Crippen molar-refractivity contribution in [3.8, 4) is 0 Å². The van der Waals surface area contributed by atoms with Gasteiger partial charge in [0.15, 0.2) is 0 Å². The molecule has 11 heavy (non-hydrogen) atoms. The Morgan fingerprint density at radius 2 is 0.545 bits per heavy atom. The Balaban J connectivity index is -0.00000000356. The minimum atomic E-state index is 0. The van der Waals surface area contributed by atoms with Crippen molar-refractivity contribution < 1.29 is 37.0 Å². The predicted octanol–water partition coefficient (Wildman–Crippen LogP) is 0.567. The van der Waals surface area contributed by atoms with Gasteiger partial charge in [-0.3, -0.25) is 31.5 Å². The van der Waals surface area contributed by atoms with Crippen LogP contribution < -0.4 is 0 Å². The molecule has 0 fully saturated rings. The lowest BCUT2D eigenvalue weighted by Crippen LogP contribution is -1.29. The molecule has 0 unspecified atom stereocenters. The van der Waals surface area contributed by atoms with Gasteiger partial charge in [0.1, 0.15) is 0 Å². The average Bonchev–Trinajstić information content (AvgIpc) is 2.03. The second kappa shape index (κ2) is 1400. The van der Waals surface area contributed by atoms with E-state index in [1.807, 2.05) is 0 Å². The number of hydrogen-bond donors (Lipinski definition) is 6. The van der Waals surface area contributed by atoms with Crippen molar-refractivity contribution in [1.82, 2.24) is 0 Å². The van der Waals surface area contributed by atoms with E-state index in [-0.39, 0.29) is 20.3 Å². The van der Waals surface area contributed by atoms with Crippen LogP contribution in [-0.4, -0.2) is 37.0 Å². The van der Waals surface area contributed by atoms with Crippen LogP contribution in [0.2, 0.25) is 0 Å². The molecule has 0 aromatic rings. The lowest BCUT2D eigenvalue weighted by atomic mass is 12.0. The Labute approximate surface area is 63.1 Å². The summed E-state index contributed by atoms with van der Waals surface area (Å²) in [6.07, 6.45) is 0. The normalized spacial score (nSPS) is 2.00. The lowest BCUT2D eigenvalue weighted by molar-refractivity contribution is -0.176. The first-order valence-electron chi connectivity index (χ1n) is 0.767. The largest absolute Gasteiger partial charge is 0.412 e. The Morgan fingerprint density at radius 1 is 0.545 bits per heavy atom. The lowest BCUT2D eigenvalue weighted by Gasteiger charge is -1.25. The summed E-state index contributed by atoms with van der Waals surface area (Å²) in [5, 5.41) is 36.0. The van der Waals surface area contributed by atoms with E-state index in [0.717, 1.165) is 0 Å². The van der Waals surface area contributed by atoms with Crippen molar-refractivity contribution in [1.29, 1.82) is 0 Å². The van der Waals surface area contributed by atoms with Crippen molar-refractivity contribution >= 4 is 0 Å². The molecule has 0 aliphatic rings. The minimum Gasteiger partial charge on any atom is -0.412 e.